The van der Waals surface area contributed by atoms with E-state index in [-0.39, 0.29) is 31.2 Å². The third kappa shape index (κ3) is 3.79. The summed E-state index contributed by atoms with van der Waals surface area (Å²) < 4.78 is 5.30. The fourth-order valence-electron chi connectivity index (χ4n) is 3.79. The molecular formula is C23H21N3O5. The summed E-state index contributed by atoms with van der Waals surface area (Å²) in [6, 6.07) is 12.3. The Labute approximate surface area is 178 Å². The fourth-order valence-corrected chi connectivity index (χ4v) is 3.79. The molecule has 31 heavy (non-hydrogen) atoms. The van der Waals surface area contributed by atoms with E-state index in [0.717, 1.165) is 5.39 Å². The molecule has 0 fully saturated rings. The number of carbonyl (C=O) groups excluding carboxylic acids is 4. The Kier molecular flexibility index (Phi) is 5.29. The molecule has 0 aliphatic carbocycles. The second-order valence-corrected chi connectivity index (χ2v) is 7.40. The molecule has 1 aromatic heterocycles. The van der Waals surface area contributed by atoms with Gasteiger partial charge in [-0.15, -0.1) is 0 Å². The van der Waals surface area contributed by atoms with Crippen LogP contribution in [0.3, 0.4) is 0 Å². The SMILES string of the molecule is Cc1cc(C(=O)NNC(=O)CCCN2C(=O)c3cccc4cccc(c34)C2=O)c(C)o1. The van der Waals surface area contributed by atoms with Crippen LogP contribution in [0.4, 0.5) is 0 Å². The number of aryl methyl sites for hydroxylation is 2. The number of nitrogens with zero attached hydrogens (tertiary/aromatic N) is 1. The fraction of sp³-hybridized carbons (Fsp3) is 0.217. The van der Waals surface area contributed by atoms with Crippen LogP contribution < -0.4 is 10.9 Å². The minimum atomic E-state index is -0.478. The zero-order valence-electron chi connectivity index (χ0n) is 17.2. The van der Waals surface area contributed by atoms with Crippen molar-refractivity contribution >= 4 is 34.4 Å². The molecule has 0 saturated heterocycles. The van der Waals surface area contributed by atoms with E-state index in [2.05, 4.69) is 10.9 Å². The molecule has 4 amide bonds. The van der Waals surface area contributed by atoms with Crippen LogP contribution in [0.25, 0.3) is 10.8 Å². The van der Waals surface area contributed by atoms with E-state index in [4.69, 9.17) is 4.42 Å². The quantitative estimate of drug-likeness (QED) is 0.488. The van der Waals surface area contributed by atoms with Crippen molar-refractivity contribution in [1.82, 2.24) is 15.8 Å². The average molecular weight is 419 g/mol. The number of amides is 4. The molecule has 0 radical (unpaired) electrons. The Bertz CT molecular complexity index is 1180. The van der Waals surface area contributed by atoms with E-state index >= 15 is 0 Å². The summed E-state index contributed by atoms with van der Waals surface area (Å²) in [5.74, 6) is -0.578. The summed E-state index contributed by atoms with van der Waals surface area (Å²) >= 11 is 0. The second kappa shape index (κ2) is 8.06. The molecular weight excluding hydrogens is 398 g/mol. The first-order valence-corrected chi connectivity index (χ1v) is 9.91. The summed E-state index contributed by atoms with van der Waals surface area (Å²) in [5.41, 5.74) is 5.99. The molecule has 4 rings (SSSR count). The van der Waals surface area contributed by atoms with Crippen LogP contribution in [0.15, 0.2) is 46.9 Å². The lowest BCUT2D eigenvalue weighted by Gasteiger charge is -2.27. The maximum absolute atomic E-state index is 12.8. The molecule has 0 unspecified atom stereocenters. The van der Waals surface area contributed by atoms with Crippen molar-refractivity contribution in [3.8, 4) is 0 Å². The minimum Gasteiger partial charge on any atom is -0.466 e. The highest BCUT2D eigenvalue weighted by molar-refractivity contribution is 6.25. The van der Waals surface area contributed by atoms with Gasteiger partial charge in [-0.05, 0) is 43.9 Å². The number of furan rings is 1. The summed E-state index contributed by atoms with van der Waals surface area (Å²) in [5, 5.41) is 1.51. The molecule has 1 aliphatic rings. The third-order valence-electron chi connectivity index (χ3n) is 5.24. The number of nitrogens with one attached hydrogen (secondary N) is 2. The van der Waals surface area contributed by atoms with Crippen LogP contribution in [0.1, 0.15) is 55.4 Å². The van der Waals surface area contributed by atoms with E-state index in [1.54, 1.807) is 44.2 Å². The number of rotatable bonds is 5. The van der Waals surface area contributed by atoms with Gasteiger partial charge in [0.15, 0.2) is 0 Å². The summed E-state index contributed by atoms with van der Waals surface area (Å²) in [4.78, 5) is 51.0. The standard InChI is InChI=1S/C23H21N3O5/c1-13-12-18(14(2)31-13)21(28)25-24-19(27)10-5-11-26-22(29)16-8-3-6-15-7-4-9-17(20(15)16)23(26)30/h3-4,6-9,12H,5,10-11H2,1-2H3,(H,24,27)(H,25,28). The van der Waals surface area contributed by atoms with Gasteiger partial charge in [0.2, 0.25) is 5.91 Å². The average Bonchev–Trinajstić information content (AvgIpc) is 3.10. The topological polar surface area (TPSA) is 109 Å². The van der Waals surface area contributed by atoms with Crippen molar-refractivity contribution in [2.75, 3.05) is 6.54 Å². The van der Waals surface area contributed by atoms with Crippen molar-refractivity contribution in [1.29, 1.82) is 0 Å². The van der Waals surface area contributed by atoms with Crippen LogP contribution in [-0.4, -0.2) is 35.1 Å². The van der Waals surface area contributed by atoms with Gasteiger partial charge in [-0.25, -0.2) is 0 Å². The van der Waals surface area contributed by atoms with Gasteiger partial charge in [-0.1, -0.05) is 24.3 Å². The number of carbonyl (C=O) groups is 4. The van der Waals surface area contributed by atoms with E-state index in [0.29, 0.717) is 33.6 Å². The zero-order valence-corrected chi connectivity index (χ0v) is 17.2. The number of hydrazine groups is 1. The van der Waals surface area contributed by atoms with Gasteiger partial charge in [-0.3, -0.25) is 34.9 Å². The van der Waals surface area contributed by atoms with Gasteiger partial charge in [0, 0.05) is 29.5 Å². The first-order valence-electron chi connectivity index (χ1n) is 9.91. The van der Waals surface area contributed by atoms with Gasteiger partial charge in [0.25, 0.3) is 17.7 Å². The number of hydrogen-bond donors (Lipinski definition) is 2. The van der Waals surface area contributed by atoms with Crippen molar-refractivity contribution in [3.05, 3.63) is 70.7 Å². The van der Waals surface area contributed by atoms with Crippen molar-refractivity contribution in [2.45, 2.75) is 26.7 Å². The van der Waals surface area contributed by atoms with Crippen LogP contribution in [-0.2, 0) is 4.79 Å². The molecule has 0 spiro atoms. The molecule has 8 heteroatoms. The smallest absolute Gasteiger partial charge is 0.273 e. The molecule has 0 atom stereocenters. The Morgan fingerprint density at radius 1 is 0.968 bits per heavy atom. The van der Waals surface area contributed by atoms with Crippen molar-refractivity contribution < 1.29 is 23.6 Å². The maximum atomic E-state index is 12.8. The lowest BCUT2D eigenvalue weighted by Crippen LogP contribution is -2.43. The monoisotopic (exact) mass is 419 g/mol. The molecule has 2 aromatic carbocycles. The first-order chi connectivity index (χ1) is 14.9. The molecule has 8 nitrogen and oxygen atoms in total. The molecule has 3 aromatic rings. The van der Waals surface area contributed by atoms with E-state index in [1.807, 2.05) is 12.1 Å². The lowest BCUT2D eigenvalue weighted by atomic mass is 9.94. The van der Waals surface area contributed by atoms with Crippen LogP contribution in [0, 0.1) is 13.8 Å². The molecule has 2 heterocycles. The highest BCUT2D eigenvalue weighted by Gasteiger charge is 2.32. The predicted octanol–water partition coefficient (Wildman–Crippen LogP) is 2.89. The second-order valence-electron chi connectivity index (χ2n) is 7.40. The Morgan fingerprint density at radius 2 is 1.61 bits per heavy atom. The van der Waals surface area contributed by atoms with Gasteiger partial charge in [0.1, 0.15) is 11.5 Å². The molecule has 0 saturated carbocycles. The Hall–Kier alpha value is -3.94. The summed E-state index contributed by atoms with van der Waals surface area (Å²) in [6.07, 6.45) is 0.299. The van der Waals surface area contributed by atoms with Crippen LogP contribution >= 0.6 is 0 Å². The van der Waals surface area contributed by atoms with Crippen LogP contribution in [0.5, 0.6) is 0 Å². The molecule has 158 valence electrons. The normalized spacial score (nSPS) is 12.9. The predicted molar refractivity (Wildman–Crippen MR) is 112 cm³/mol. The minimum absolute atomic E-state index is 0.0343. The van der Waals surface area contributed by atoms with Gasteiger partial charge in [0.05, 0.1) is 5.56 Å². The van der Waals surface area contributed by atoms with Gasteiger partial charge < -0.3 is 4.42 Å². The lowest BCUT2D eigenvalue weighted by molar-refractivity contribution is -0.122. The first kappa shape index (κ1) is 20.3. The third-order valence-corrected chi connectivity index (χ3v) is 5.24. The maximum Gasteiger partial charge on any atom is 0.273 e. The van der Waals surface area contributed by atoms with Crippen molar-refractivity contribution in [2.24, 2.45) is 0 Å². The van der Waals surface area contributed by atoms with Crippen LogP contribution in [0.2, 0.25) is 0 Å². The molecule has 2 N–H and O–H groups in total. The largest absolute Gasteiger partial charge is 0.466 e. The van der Waals surface area contributed by atoms with Gasteiger partial charge >= 0.3 is 0 Å². The number of hydrogen-bond acceptors (Lipinski definition) is 5. The Balaban J connectivity index is 1.34. The van der Waals surface area contributed by atoms with E-state index in [1.165, 1.54) is 4.90 Å². The summed E-state index contributed by atoms with van der Waals surface area (Å²) in [7, 11) is 0. The van der Waals surface area contributed by atoms with Crippen molar-refractivity contribution in [3.63, 3.8) is 0 Å². The molecule has 1 aliphatic heterocycles. The van der Waals surface area contributed by atoms with E-state index < -0.39 is 11.8 Å². The number of benzene rings is 2. The highest BCUT2D eigenvalue weighted by Crippen LogP contribution is 2.30. The van der Waals surface area contributed by atoms with Gasteiger partial charge in [-0.2, -0.15) is 0 Å². The van der Waals surface area contributed by atoms with E-state index in [9.17, 15) is 19.2 Å². The molecule has 0 bridgehead atoms. The number of imide groups is 1. The highest BCUT2D eigenvalue weighted by atomic mass is 16.3. The summed E-state index contributed by atoms with van der Waals surface area (Å²) in [6.45, 7) is 3.49. The zero-order chi connectivity index (χ0) is 22.1. The Morgan fingerprint density at radius 3 is 2.19 bits per heavy atom.